The summed E-state index contributed by atoms with van der Waals surface area (Å²) in [5, 5.41) is 3.24. The number of hydrogen-bond donors (Lipinski definition) is 1. The Bertz CT molecular complexity index is 515. The second kappa shape index (κ2) is 5.11. The van der Waals surface area contributed by atoms with E-state index in [9.17, 15) is 4.79 Å². The van der Waals surface area contributed by atoms with Gasteiger partial charge in [0.2, 0.25) is 0 Å². The highest BCUT2D eigenvalue weighted by Crippen LogP contribution is 2.41. The highest BCUT2D eigenvalue weighted by molar-refractivity contribution is 5.79. The number of carbonyl (C=O) groups is 1. The molecule has 0 aromatic heterocycles. The third-order valence-electron chi connectivity index (χ3n) is 4.24. The van der Waals surface area contributed by atoms with Crippen LogP contribution in [0.2, 0.25) is 0 Å². The zero-order chi connectivity index (χ0) is 15.1. The Morgan fingerprint density at radius 3 is 2.52 bits per heavy atom. The maximum absolute atomic E-state index is 12.2. The first-order chi connectivity index (χ1) is 9.88. The first-order valence-electron chi connectivity index (χ1n) is 7.61. The molecule has 2 fully saturated rings. The molecule has 2 saturated heterocycles. The summed E-state index contributed by atoms with van der Waals surface area (Å²) >= 11 is 0. The summed E-state index contributed by atoms with van der Waals surface area (Å²) in [6, 6.07) is 10.3. The molecule has 1 aromatic carbocycles. The Balaban J connectivity index is 1.53. The second-order valence-electron chi connectivity index (χ2n) is 7.34. The predicted octanol–water partition coefficient (Wildman–Crippen LogP) is 1.80. The van der Waals surface area contributed by atoms with E-state index in [1.54, 1.807) is 0 Å². The molecule has 4 nitrogen and oxygen atoms in total. The van der Waals surface area contributed by atoms with Gasteiger partial charge in [-0.15, -0.1) is 0 Å². The Morgan fingerprint density at radius 2 is 2.00 bits per heavy atom. The zero-order valence-electron chi connectivity index (χ0n) is 13.1. The first-order valence-corrected chi connectivity index (χ1v) is 7.61. The molecule has 1 N–H and O–H groups in total. The fourth-order valence-electron chi connectivity index (χ4n) is 3.28. The second-order valence-corrected chi connectivity index (χ2v) is 7.34. The fourth-order valence-corrected chi connectivity index (χ4v) is 3.28. The molecule has 1 spiro atoms. The van der Waals surface area contributed by atoms with Crippen LogP contribution in [0.5, 0.6) is 0 Å². The van der Waals surface area contributed by atoms with Crippen LogP contribution in [-0.4, -0.2) is 42.1 Å². The van der Waals surface area contributed by atoms with Crippen molar-refractivity contribution in [2.24, 2.45) is 5.41 Å². The number of esters is 1. The minimum atomic E-state index is -0.414. The summed E-state index contributed by atoms with van der Waals surface area (Å²) in [5.74, 6) is -0.104. The molecule has 2 aliphatic heterocycles. The van der Waals surface area contributed by atoms with Crippen LogP contribution in [0.15, 0.2) is 30.3 Å². The number of nitrogens with one attached hydrogen (secondary N) is 1. The third-order valence-corrected chi connectivity index (χ3v) is 4.24. The lowest BCUT2D eigenvalue weighted by Gasteiger charge is -2.60. The van der Waals surface area contributed by atoms with Crippen molar-refractivity contribution in [1.29, 1.82) is 0 Å². The standard InChI is InChI=1S/C17H24N2O2/c1-16(2,3)21-15(20)14-17(10-18-14)11-19(12-17)9-13-7-5-4-6-8-13/h4-8,14,18H,9-12H2,1-3H3/t14-/m1/s1. The molecule has 0 aliphatic carbocycles. The SMILES string of the molecule is CC(C)(C)OC(=O)[C@H]1NCC12CN(Cc1ccccc1)C2. The highest BCUT2D eigenvalue weighted by Gasteiger charge is 2.58. The molecule has 1 atom stereocenters. The zero-order valence-corrected chi connectivity index (χ0v) is 13.1. The van der Waals surface area contributed by atoms with Crippen molar-refractivity contribution >= 4 is 5.97 Å². The van der Waals surface area contributed by atoms with E-state index in [-0.39, 0.29) is 17.4 Å². The average Bonchev–Trinajstić information content (AvgIpc) is 2.30. The molecule has 3 rings (SSSR count). The number of carbonyl (C=O) groups excluding carboxylic acids is 1. The number of ether oxygens (including phenoxy) is 1. The molecule has 0 amide bonds. The smallest absolute Gasteiger partial charge is 0.324 e. The van der Waals surface area contributed by atoms with Gasteiger partial charge in [-0.05, 0) is 26.3 Å². The summed E-state index contributed by atoms with van der Waals surface area (Å²) in [6.07, 6.45) is 0. The molecule has 0 unspecified atom stereocenters. The molecular formula is C17H24N2O2. The van der Waals surface area contributed by atoms with Crippen LogP contribution in [0, 0.1) is 5.41 Å². The van der Waals surface area contributed by atoms with Gasteiger partial charge in [-0.1, -0.05) is 30.3 Å². The van der Waals surface area contributed by atoms with Gasteiger partial charge in [0.25, 0.3) is 0 Å². The lowest BCUT2D eigenvalue weighted by Crippen LogP contribution is -2.78. The summed E-state index contributed by atoms with van der Waals surface area (Å²) in [7, 11) is 0. The first kappa shape index (κ1) is 14.5. The van der Waals surface area contributed by atoms with E-state index in [4.69, 9.17) is 4.74 Å². The molecule has 21 heavy (non-hydrogen) atoms. The number of benzene rings is 1. The van der Waals surface area contributed by atoms with Crippen LogP contribution >= 0.6 is 0 Å². The Labute approximate surface area is 126 Å². The lowest BCUT2D eigenvalue weighted by molar-refractivity contribution is -0.176. The molecular weight excluding hydrogens is 264 g/mol. The summed E-state index contributed by atoms with van der Waals surface area (Å²) in [5.41, 5.74) is 1.01. The summed E-state index contributed by atoms with van der Waals surface area (Å²) in [6.45, 7) is 9.57. The maximum Gasteiger partial charge on any atom is 0.324 e. The number of rotatable bonds is 3. The van der Waals surface area contributed by atoms with Crippen molar-refractivity contribution in [3.8, 4) is 0 Å². The van der Waals surface area contributed by atoms with E-state index in [0.29, 0.717) is 0 Å². The van der Waals surface area contributed by atoms with Gasteiger partial charge in [0.05, 0.1) is 0 Å². The minimum Gasteiger partial charge on any atom is -0.459 e. The Morgan fingerprint density at radius 1 is 1.33 bits per heavy atom. The van der Waals surface area contributed by atoms with Crippen LogP contribution in [0.1, 0.15) is 26.3 Å². The van der Waals surface area contributed by atoms with Gasteiger partial charge in [-0.25, -0.2) is 0 Å². The fraction of sp³-hybridized carbons (Fsp3) is 0.588. The van der Waals surface area contributed by atoms with Crippen molar-refractivity contribution in [2.75, 3.05) is 19.6 Å². The van der Waals surface area contributed by atoms with Gasteiger partial charge in [0.1, 0.15) is 11.6 Å². The minimum absolute atomic E-state index is 0.0944. The lowest BCUT2D eigenvalue weighted by atomic mass is 9.67. The van der Waals surface area contributed by atoms with Gasteiger partial charge >= 0.3 is 5.97 Å². The number of hydrogen-bond acceptors (Lipinski definition) is 4. The van der Waals surface area contributed by atoms with Crippen molar-refractivity contribution in [1.82, 2.24) is 10.2 Å². The van der Waals surface area contributed by atoms with Crippen LogP contribution in [0.4, 0.5) is 0 Å². The monoisotopic (exact) mass is 288 g/mol. The molecule has 0 bridgehead atoms. The third kappa shape index (κ3) is 2.97. The van der Waals surface area contributed by atoms with Gasteiger partial charge in [-0.3, -0.25) is 9.69 Å². The van der Waals surface area contributed by atoms with Crippen molar-refractivity contribution in [2.45, 2.75) is 39.0 Å². The number of likely N-dealkylation sites (tertiary alicyclic amines) is 1. The molecule has 114 valence electrons. The van der Waals surface area contributed by atoms with E-state index in [0.717, 1.165) is 26.2 Å². The topological polar surface area (TPSA) is 41.6 Å². The summed E-state index contributed by atoms with van der Waals surface area (Å²) < 4.78 is 5.51. The predicted molar refractivity (Wildman–Crippen MR) is 81.8 cm³/mol. The molecule has 4 heteroatoms. The molecule has 2 aliphatic rings. The quantitative estimate of drug-likeness (QED) is 0.861. The Kier molecular flexibility index (Phi) is 3.54. The van der Waals surface area contributed by atoms with Crippen molar-refractivity contribution in [3.63, 3.8) is 0 Å². The van der Waals surface area contributed by atoms with E-state index in [1.807, 2.05) is 26.8 Å². The van der Waals surface area contributed by atoms with Crippen LogP contribution in [0.3, 0.4) is 0 Å². The Hall–Kier alpha value is -1.39. The highest BCUT2D eigenvalue weighted by atomic mass is 16.6. The van der Waals surface area contributed by atoms with Gasteiger partial charge in [-0.2, -0.15) is 0 Å². The van der Waals surface area contributed by atoms with Crippen molar-refractivity contribution in [3.05, 3.63) is 35.9 Å². The molecule has 1 aromatic rings. The van der Waals surface area contributed by atoms with E-state index >= 15 is 0 Å². The van der Waals surface area contributed by atoms with E-state index in [1.165, 1.54) is 5.56 Å². The van der Waals surface area contributed by atoms with Crippen LogP contribution in [-0.2, 0) is 16.1 Å². The van der Waals surface area contributed by atoms with Gasteiger partial charge in [0, 0.05) is 31.6 Å². The summed E-state index contributed by atoms with van der Waals surface area (Å²) in [4.78, 5) is 14.6. The van der Waals surface area contributed by atoms with Crippen LogP contribution in [0.25, 0.3) is 0 Å². The average molecular weight is 288 g/mol. The number of nitrogens with zero attached hydrogens (tertiary/aromatic N) is 1. The molecule has 0 radical (unpaired) electrons. The van der Waals surface area contributed by atoms with Crippen LogP contribution < -0.4 is 5.32 Å². The normalized spacial score (nSPS) is 24.2. The molecule has 2 heterocycles. The van der Waals surface area contributed by atoms with Crippen molar-refractivity contribution < 1.29 is 9.53 Å². The molecule has 0 saturated carbocycles. The van der Waals surface area contributed by atoms with Gasteiger partial charge in [0.15, 0.2) is 0 Å². The van der Waals surface area contributed by atoms with Gasteiger partial charge < -0.3 is 10.1 Å². The van der Waals surface area contributed by atoms with E-state index in [2.05, 4.69) is 34.5 Å². The largest absolute Gasteiger partial charge is 0.459 e. The van der Waals surface area contributed by atoms with E-state index < -0.39 is 5.60 Å². The maximum atomic E-state index is 12.2.